The van der Waals surface area contributed by atoms with Gasteiger partial charge in [-0.3, -0.25) is 9.59 Å². The van der Waals surface area contributed by atoms with E-state index in [1.54, 1.807) is 45.6 Å². The number of ketones is 1. The number of fused-ring (bicyclic) bond motifs is 5. The van der Waals surface area contributed by atoms with Crippen LogP contribution in [-0.4, -0.2) is 116 Å². The number of hydrogen-bond acceptors (Lipinski definition) is 13. The largest absolute Gasteiger partial charge is 0.517 e. The van der Waals surface area contributed by atoms with Crippen molar-refractivity contribution in [2.75, 3.05) is 27.9 Å². The second-order valence-electron chi connectivity index (χ2n) is 23.4. The highest BCUT2D eigenvalue weighted by Crippen LogP contribution is 2.67. The minimum Gasteiger partial charge on any atom is -0.517 e. The fourth-order valence-electron chi connectivity index (χ4n) is 13.6. The van der Waals surface area contributed by atoms with E-state index in [-0.39, 0.29) is 64.2 Å². The van der Waals surface area contributed by atoms with E-state index in [4.69, 9.17) is 45.2 Å². The Morgan fingerprint density at radius 2 is 1.25 bits per heavy atom. The maximum Gasteiger partial charge on any atom is 0.403 e. The van der Waals surface area contributed by atoms with Crippen LogP contribution in [0, 0.1) is 22.7 Å². The van der Waals surface area contributed by atoms with Gasteiger partial charge in [0.2, 0.25) is 5.78 Å². The number of carbonyl (C=O) groups excluding carboxylic acids is 3. The Hall–Kier alpha value is -2.04. The van der Waals surface area contributed by atoms with E-state index >= 15 is 9.59 Å². The number of hydrogen-bond donors (Lipinski definition) is 0. The second kappa shape index (κ2) is 21.1. The maximum absolute atomic E-state index is 17.4. The SMILES string of the molecule is CO[Si](OC1=C2C(C)[C@@H](O[Si](OC)(C(C)C)C(C)C)C[C@@](O[SiH](C)C)([C@@H](OC(=O)c3ccccc3)C3[C@]4(OC(C)=O)COC4C[C@H](O[Si](OC)(C(C)C)C(C)C)[C@@]3(C)C1=O)C2(C)C)(C(C)C)C(C)C. The van der Waals surface area contributed by atoms with Gasteiger partial charge in [-0.2, -0.15) is 0 Å². The molecule has 1 aromatic rings. The predicted octanol–water partition coefficient (Wildman–Crippen LogP) is 11.1. The number of carbonyl (C=O) groups is 3. The van der Waals surface area contributed by atoms with E-state index in [0.717, 1.165) is 0 Å². The molecule has 392 valence electrons. The van der Waals surface area contributed by atoms with Gasteiger partial charge in [0.15, 0.2) is 14.6 Å². The molecule has 3 unspecified atom stereocenters. The predicted molar refractivity (Wildman–Crippen MR) is 278 cm³/mol. The summed E-state index contributed by atoms with van der Waals surface area (Å²) in [7, 11) is -6.75. The van der Waals surface area contributed by atoms with Gasteiger partial charge in [-0.1, -0.05) is 122 Å². The van der Waals surface area contributed by atoms with E-state index in [9.17, 15) is 4.79 Å². The number of benzene rings is 1. The fraction of sp³-hybridized carbons (Fsp3) is 0.788. The van der Waals surface area contributed by atoms with Crippen LogP contribution in [-0.2, 0) is 54.8 Å². The Morgan fingerprint density at radius 1 is 0.754 bits per heavy atom. The quantitative estimate of drug-likeness (QED) is 0.0903. The minimum absolute atomic E-state index is 0.0334. The van der Waals surface area contributed by atoms with Crippen LogP contribution in [0.2, 0.25) is 46.3 Å². The Bertz CT molecular complexity index is 2000. The molecule has 5 rings (SSSR count). The average molecular weight is 1040 g/mol. The molecule has 3 aliphatic carbocycles. The van der Waals surface area contributed by atoms with Crippen LogP contribution in [0.15, 0.2) is 41.7 Å². The normalized spacial score (nSPS) is 30.7. The number of rotatable bonds is 20. The number of allylic oxidation sites excluding steroid dienone is 1. The fourth-order valence-corrected chi connectivity index (χ4v) is 25.7. The van der Waals surface area contributed by atoms with Gasteiger partial charge in [-0.15, -0.1) is 0 Å². The van der Waals surface area contributed by atoms with E-state index in [1.807, 2.05) is 13.0 Å². The van der Waals surface area contributed by atoms with Gasteiger partial charge in [0.1, 0.15) is 23.6 Å². The molecule has 2 saturated carbocycles. The van der Waals surface area contributed by atoms with Crippen molar-refractivity contribution in [1.82, 2.24) is 0 Å². The minimum atomic E-state index is -3.38. The smallest absolute Gasteiger partial charge is 0.403 e. The van der Waals surface area contributed by atoms with Crippen LogP contribution >= 0.6 is 0 Å². The van der Waals surface area contributed by atoms with Crippen LogP contribution in [0.3, 0.4) is 0 Å². The summed E-state index contributed by atoms with van der Waals surface area (Å²) in [6.45, 7) is 39.2. The molecule has 9 atom stereocenters. The van der Waals surface area contributed by atoms with Gasteiger partial charge in [0.25, 0.3) is 0 Å². The van der Waals surface area contributed by atoms with Crippen LogP contribution in [0.1, 0.15) is 141 Å². The molecule has 1 aromatic carbocycles. The molecular weight excluding hydrogens is 945 g/mol. The first-order valence-corrected chi connectivity index (χ1v) is 34.4. The zero-order chi connectivity index (χ0) is 52.2. The van der Waals surface area contributed by atoms with Crippen molar-refractivity contribution in [3.63, 3.8) is 0 Å². The van der Waals surface area contributed by atoms with Crippen LogP contribution in [0.5, 0.6) is 0 Å². The summed E-state index contributed by atoms with van der Waals surface area (Å²) >= 11 is 0. The molecule has 3 fully saturated rings. The lowest BCUT2D eigenvalue weighted by Crippen LogP contribution is -2.82. The van der Waals surface area contributed by atoms with Crippen molar-refractivity contribution in [1.29, 1.82) is 0 Å². The summed E-state index contributed by atoms with van der Waals surface area (Å²) in [5, 5.41) is 0. The van der Waals surface area contributed by atoms with Crippen LogP contribution < -0.4 is 0 Å². The molecule has 2 bridgehead atoms. The molecule has 0 N–H and O–H groups in total. The second-order valence-corrected chi connectivity index (χ2v) is 38.8. The van der Waals surface area contributed by atoms with Gasteiger partial charge in [-0.25, -0.2) is 4.79 Å². The summed E-state index contributed by atoms with van der Waals surface area (Å²) < 4.78 is 71.3. The monoisotopic (exact) mass is 1030 g/mol. The van der Waals surface area contributed by atoms with E-state index in [2.05, 4.69) is 117 Å². The molecule has 0 spiro atoms. The third kappa shape index (κ3) is 9.34. The Balaban J connectivity index is 2.11. The van der Waals surface area contributed by atoms with Gasteiger partial charge >= 0.3 is 37.6 Å². The lowest BCUT2D eigenvalue weighted by atomic mass is 9.45. The summed E-state index contributed by atoms with van der Waals surface area (Å²) in [5.74, 6) is -2.86. The lowest BCUT2D eigenvalue weighted by molar-refractivity contribution is -0.343. The van der Waals surface area contributed by atoms with Gasteiger partial charge in [0.05, 0.1) is 35.7 Å². The molecule has 17 heteroatoms. The molecule has 0 radical (unpaired) electrons. The van der Waals surface area contributed by atoms with Crippen molar-refractivity contribution >= 4 is 52.4 Å². The van der Waals surface area contributed by atoms with Crippen molar-refractivity contribution in [3.8, 4) is 0 Å². The number of ether oxygens (including phenoxy) is 3. The molecule has 13 nitrogen and oxygen atoms in total. The highest BCUT2D eigenvalue weighted by Gasteiger charge is 2.79. The van der Waals surface area contributed by atoms with Gasteiger partial charge in [-0.05, 0) is 59.9 Å². The summed E-state index contributed by atoms with van der Waals surface area (Å²) in [6.07, 6.45) is -3.09. The highest BCUT2D eigenvalue weighted by molar-refractivity contribution is 6.71. The summed E-state index contributed by atoms with van der Waals surface area (Å²) in [6, 6.07) is 8.89. The zero-order valence-corrected chi connectivity index (χ0v) is 50.5. The molecule has 0 aromatic heterocycles. The molecule has 69 heavy (non-hydrogen) atoms. The van der Waals surface area contributed by atoms with E-state index in [0.29, 0.717) is 11.1 Å². The number of esters is 2. The van der Waals surface area contributed by atoms with E-state index < -0.39 is 105 Å². The molecule has 1 heterocycles. The standard InChI is InChI=1S/C52H90O13Si4/c1-31(2)67(56-18,32(3)4)62-40-29-52(65-66(21)22)47(60-48(55)39-26-24-23-25-27-39)45-50(17,46(54)44(43(37(40)13)49(52,15)16)64-69(58-20,35(9)10)36(11)12)41(63-68(57-19,33(5)6)34(7)8)28-42-51(45,30-59-42)61-38(14)53/h23-27,31-37,40-42,45,47,66H,28-30H2,1-22H3/t37?,40-,41-,42?,45?,47-,50+,51-,52+/m0/s1. The van der Waals surface area contributed by atoms with Crippen molar-refractivity contribution < 1.29 is 59.6 Å². The molecule has 1 aliphatic heterocycles. The Kier molecular flexibility index (Phi) is 17.7. The Labute approximate surface area is 420 Å². The van der Waals surface area contributed by atoms with E-state index in [1.165, 1.54) is 6.92 Å². The zero-order valence-electron chi connectivity index (χ0n) is 46.3. The van der Waals surface area contributed by atoms with Crippen molar-refractivity contribution in [3.05, 3.63) is 47.2 Å². The lowest BCUT2D eigenvalue weighted by Gasteiger charge is -2.69. The van der Waals surface area contributed by atoms with Crippen molar-refractivity contribution in [2.45, 2.75) is 213 Å². The van der Waals surface area contributed by atoms with Gasteiger partial charge < -0.3 is 45.2 Å². The van der Waals surface area contributed by atoms with Gasteiger partial charge in [0, 0.05) is 63.5 Å². The molecule has 0 amide bonds. The highest BCUT2D eigenvalue weighted by atomic mass is 28.4. The summed E-state index contributed by atoms with van der Waals surface area (Å²) in [4.78, 5) is 46.5. The van der Waals surface area contributed by atoms with Crippen molar-refractivity contribution in [2.24, 2.45) is 22.7 Å². The number of Topliss-reactive ketones (excluding diaryl/α,β-unsaturated/α-hetero) is 1. The first kappa shape index (κ1) is 57.9. The van der Waals surface area contributed by atoms with Crippen LogP contribution in [0.4, 0.5) is 0 Å². The Morgan fingerprint density at radius 3 is 1.67 bits per heavy atom. The first-order chi connectivity index (χ1) is 31.9. The molecule has 4 aliphatic rings. The first-order valence-electron chi connectivity index (χ1n) is 25.7. The maximum atomic E-state index is 17.4. The topological polar surface area (TPSA) is 144 Å². The third-order valence-electron chi connectivity index (χ3n) is 17.0. The summed E-state index contributed by atoms with van der Waals surface area (Å²) in [5.41, 5.74) is -4.87. The van der Waals surface area contributed by atoms with Crippen LogP contribution in [0.25, 0.3) is 0 Å². The third-order valence-corrected chi connectivity index (χ3v) is 31.3. The molecular formula is C52H90O13Si4. The average Bonchev–Trinajstić information content (AvgIpc) is 3.25. The molecule has 1 saturated heterocycles.